The van der Waals surface area contributed by atoms with Crippen LogP contribution in [0.4, 0.5) is 0 Å². The van der Waals surface area contributed by atoms with E-state index in [0.29, 0.717) is 18.2 Å². The van der Waals surface area contributed by atoms with Crippen molar-refractivity contribution in [3.8, 4) is 11.5 Å². The quantitative estimate of drug-likeness (QED) is 0.871. The lowest BCUT2D eigenvalue weighted by atomic mass is 10.1. The predicted molar refractivity (Wildman–Crippen MR) is 67.1 cm³/mol. The summed E-state index contributed by atoms with van der Waals surface area (Å²) in [5, 5.41) is 6.43. The summed E-state index contributed by atoms with van der Waals surface area (Å²) < 4.78 is 4.90. The van der Waals surface area contributed by atoms with Gasteiger partial charge >= 0.3 is 11.8 Å². The molecule has 0 fully saturated rings. The van der Waals surface area contributed by atoms with E-state index in [-0.39, 0.29) is 17.6 Å². The van der Waals surface area contributed by atoms with Gasteiger partial charge < -0.3 is 9.84 Å². The van der Waals surface area contributed by atoms with Gasteiger partial charge in [0, 0.05) is 18.9 Å². The van der Waals surface area contributed by atoms with Gasteiger partial charge in [0.2, 0.25) is 5.82 Å². The molecule has 0 radical (unpaired) electrons. The Bertz CT molecular complexity index is 538. The van der Waals surface area contributed by atoms with Crippen molar-refractivity contribution in [3.63, 3.8) is 0 Å². The first kappa shape index (κ1) is 13.1. The van der Waals surface area contributed by atoms with Crippen LogP contribution >= 0.6 is 0 Å². The van der Waals surface area contributed by atoms with E-state index < -0.39 is 0 Å². The summed E-state index contributed by atoms with van der Waals surface area (Å²) >= 11 is 0. The Labute approximate surface area is 110 Å². The summed E-state index contributed by atoms with van der Waals surface area (Å²) in [5.74, 6) is 0.341. The molecule has 2 aromatic rings. The first-order chi connectivity index (χ1) is 9.16. The monoisotopic (exact) mass is 261 g/mol. The molecule has 0 aliphatic heterocycles. The highest BCUT2D eigenvalue weighted by atomic mass is 16.5. The third-order valence-electron chi connectivity index (χ3n) is 2.42. The fourth-order valence-electron chi connectivity index (χ4n) is 1.38. The van der Waals surface area contributed by atoms with Crippen LogP contribution in [0, 0.1) is 5.92 Å². The van der Waals surface area contributed by atoms with Gasteiger partial charge in [-0.1, -0.05) is 19.0 Å². The number of rotatable bonds is 5. The zero-order valence-corrected chi connectivity index (χ0v) is 10.8. The zero-order chi connectivity index (χ0) is 13.7. The Balaban J connectivity index is 1.99. The third kappa shape index (κ3) is 3.57. The summed E-state index contributed by atoms with van der Waals surface area (Å²) in [6.07, 6.45) is 5.47. The van der Waals surface area contributed by atoms with E-state index in [9.17, 15) is 4.79 Å². The molecule has 0 saturated carbocycles. The molecule has 0 aromatic carbocycles. The van der Waals surface area contributed by atoms with Crippen molar-refractivity contribution in [2.75, 3.05) is 6.54 Å². The molecule has 0 unspecified atom stereocenters. The second-order valence-electron chi connectivity index (χ2n) is 4.45. The second kappa shape index (κ2) is 6.03. The molecule has 100 valence electrons. The van der Waals surface area contributed by atoms with Gasteiger partial charge in [0.1, 0.15) is 5.69 Å². The summed E-state index contributed by atoms with van der Waals surface area (Å²) in [7, 11) is 0. The van der Waals surface area contributed by atoms with Crippen LogP contribution in [0.15, 0.2) is 23.1 Å². The molecule has 0 aliphatic rings. The van der Waals surface area contributed by atoms with E-state index in [4.69, 9.17) is 4.52 Å². The smallest absolute Gasteiger partial charge is 0.316 e. The predicted octanol–water partition coefficient (Wildman–Crippen LogP) is 1.30. The molecule has 0 spiro atoms. The maximum Gasteiger partial charge on any atom is 0.316 e. The van der Waals surface area contributed by atoms with Crippen LogP contribution in [0.3, 0.4) is 0 Å². The lowest BCUT2D eigenvalue weighted by Crippen LogP contribution is -2.25. The Morgan fingerprint density at radius 3 is 2.95 bits per heavy atom. The maximum absolute atomic E-state index is 11.7. The highest BCUT2D eigenvalue weighted by Gasteiger charge is 2.16. The SMILES string of the molecule is CC(C)CCNC(=O)c1nc(-c2cnccn2)no1. The standard InChI is InChI=1S/C12H15N5O2/c1-8(2)3-4-15-11(18)12-16-10(17-19-12)9-7-13-5-6-14-9/h5-8H,3-4H2,1-2H3,(H,15,18). The van der Waals surface area contributed by atoms with Crippen molar-refractivity contribution >= 4 is 5.91 Å². The Hall–Kier alpha value is -2.31. The van der Waals surface area contributed by atoms with Gasteiger partial charge in [-0.05, 0) is 12.3 Å². The molecule has 7 heteroatoms. The minimum Gasteiger partial charge on any atom is -0.348 e. The van der Waals surface area contributed by atoms with E-state index in [1.165, 1.54) is 12.4 Å². The highest BCUT2D eigenvalue weighted by Crippen LogP contribution is 2.10. The lowest BCUT2D eigenvalue weighted by Gasteiger charge is -2.04. The maximum atomic E-state index is 11.7. The Morgan fingerprint density at radius 1 is 1.42 bits per heavy atom. The minimum absolute atomic E-state index is 0.0654. The average Bonchev–Trinajstić information content (AvgIpc) is 2.89. The summed E-state index contributed by atoms with van der Waals surface area (Å²) in [6.45, 7) is 4.76. The molecular formula is C12H15N5O2. The van der Waals surface area contributed by atoms with Crippen LogP contribution < -0.4 is 5.32 Å². The van der Waals surface area contributed by atoms with Crippen molar-refractivity contribution in [2.45, 2.75) is 20.3 Å². The number of carbonyl (C=O) groups is 1. The van der Waals surface area contributed by atoms with E-state index >= 15 is 0 Å². The van der Waals surface area contributed by atoms with Gasteiger partial charge in [-0.2, -0.15) is 4.98 Å². The fourth-order valence-corrected chi connectivity index (χ4v) is 1.38. The van der Waals surface area contributed by atoms with Gasteiger partial charge in [-0.15, -0.1) is 0 Å². The van der Waals surface area contributed by atoms with Crippen LogP contribution in [0.1, 0.15) is 31.0 Å². The molecule has 0 aliphatic carbocycles. The molecule has 19 heavy (non-hydrogen) atoms. The summed E-state index contributed by atoms with van der Waals surface area (Å²) in [5.41, 5.74) is 0.465. The number of nitrogens with zero attached hydrogens (tertiary/aromatic N) is 4. The highest BCUT2D eigenvalue weighted by molar-refractivity contribution is 5.89. The van der Waals surface area contributed by atoms with Crippen LogP contribution in [0.25, 0.3) is 11.5 Å². The van der Waals surface area contributed by atoms with Crippen molar-refractivity contribution < 1.29 is 9.32 Å². The lowest BCUT2D eigenvalue weighted by molar-refractivity contribution is 0.0908. The van der Waals surface area contributed by atoms with Crippen LogP contribution in [0.2, 0.25) is 0 Å². The molecule has 0 atom stereocenters. The number of aromatic nitrogens is 4. The minimum atomic E-state index is -0.372. The molecule has 0 bridgehead atoms. The first-order valence-corrected chi connectivity index (χ1v) is 6.05. The number of carbonyl (C=O) groups excluding carboxylic acids is 1. The number of nitrogens with one attached hydrogen (secondary N) is 1. The normalized spacial score (nSPS) is 10.7. The molecule has 1 amide bonds. The van der Waals surface area contributed by atoms with Gasteiger partial charge in [0.25, 0.3) is 0 Å². The van der Waals surface area contributed by atoms with E-state index in [1.54, 1.807) is 6.20 Å². The second-order valence-corrected chi connectivity index (χ2v) is 4.45. The van der Waals surface area contributed by atoms with Crippen LogP contribution in [0.5, 0.6) is 0 Å². The summed E-state index contributed by atoms with van der Waals surface area (Å²) in [4.78, 5) is 23.6. The zero-order valence-electron chi connectivity index (χ0n) is 10.8. The molecule has 2 aromatic heterocycles. The molecule has 7 nitrogen and oxygen atoms in total. The van der Waals surface area contributed by atoms with Gasteiger partial charge in [0.05, 0.1) is 6.20 Å². The molecule has 2 rings (SSSR count). The van der Waals surface area contributed by atoms with Crippen LogP contribution in [-0.4, -0.2) is 32.6 Å². The van der Waals surface area contributed by atoms with Gasteiger partial charge in [-0.3, -0.25) is 9.78 Å². The third-order valence-corrected chi connectivity index (χ3v) is 2.42. The first-order valence-electron chi connectivity index (χ1n) is 6.05. The number of amides is 1. The molecule has 2 heterocycles. The van der Waals surface area contributed by atoms with Crippen molar-refractivity contribution in [2.24, 2.45) is 5.92 Å². The van der Waals surface area contributed by atoms with Crippen molar-refractivity contribution in [1.82, 2.24) is 25.4 Å². The molecule has 0 saturated heterocycles. The van der Waals surface area contributed by atoms with Crippen molar-refractivity contribution in [3.05, 3.63) is 24.5 Å². The van der Waals surface area contributed by atoms with Gasteiger partial charge in [-0.25, -0.2) is 4.98 Å². The van der Waals surface area contributed by atoms with E-state index in [1.807, 2.05) is 0 Å². The van der Waals surface area contributed by atoms with Gasteiger partial charge in [0.15, 0.2) is 0 Å². The van der Waals surface area contributed by atoms with E-state index in [2.05, 4.69) is 39.3 Å². The largest absolute Gasteiger partial charge is 0.348 e. The number of hydrogen-bond acceptors (Lipinski definition) is 6. The average molecular weight is 261 g/mol. The fraction of sp³-hybridized carbons (Fsp3) is 0.417. The molecule has 1 N–H and O–H groups in total. The Kier molecular flexibility index (Phi) is 4.17. The van der Waals surface area contributed by atoms with Crippen molar-refractivity contribution in [1.29, 1.82) is 0 Å². The Morgan fingerprint density at radius 2 is 2.26 bits per heavy atom. The van der Waals surface area contributed by atoms with E-state index in [0.717, 1.165) is 6.42 Å². The summed E-state index contributed by atoms with van der Waals surface area (Å²) in [6, 6.07) is 0. The number of hydrogen-bond donors (Lipinski definition) is 1. The molecular weight excluding hydrogens is 246 g/mol. The van der Waals surface area contributed by atoms with Crippen LogP contribution in [-0.2, 0) is 0 Å². The topological polar surface area (TPSA) is 93.8 Å².